The van der Waals surface area contributed by atoms with E-state index in [0.717, 1.165) is 5.56 Å². The first-order chi connectivity index (χ1) is 11.8. The molecular formula is C20H31NO5. The fraction of sp³-hybridized carbons (Fsp3) is 0.650. The van der Waals surface area contributed by atoms with Crippen molar-refractivity contribution in [3.8, 4) is 11.5 Å². The summed E-state index contributed by atoms with van der Waals surface area (Å²) in [5.41, 5.74) is 0.358. The number of aliphatic hydroxyl groups excluding tert-OH is 1. The van der Waals surface area contributed by atoms with E-state index in [4.69, 9.17) is 9.47 Å². The van der Waals surface area contributed by atoms with Crippen LogP contribution in [0.4, 0.5) is 0 Å². The van der Waals surface area contributed by atoms with Gasteiger partial charge in [-0.05, 0) is 59.6 Å². The first kappa shape index (κ1) is 20.5. The first-order valence-corrected chi connectivity index (χ1v) is 8.96. The monoisotopic (exact) mass is 365 g/mol. The average molecular weight is 365 g/mol. The molecule has 1 aromatic rings. The summed E-state index contributed by atoms with van der Waals surface area (Å²) in [6.07, 6.45) is -0.348. The van der Waals surface area contributed by atoms with E-state index in [9.17, 15) is 15.0 Å². The van der Waals surface area contributed by atoms with E-state index in [2.05, 4.69) is 5.32 Å². The van der Waals surface area contributed by atoms with Crippen LogP contribution >= 0.6 is 0 Å². The molecule has 2 atom stereocenters. The van der Waals surface area contributed by atoms with Crippen LogP contribution in [0.3, 0.4) is 0 Å². The third-order valence-electron chi connectivity index (χ3n) is 4.31. The molecule has 2 rings (SSSR count). The maximum atomic E-state index is 13.0. The Balaban J connectivity index is 2.61. The van der Waals surface area contributed by atoms with Gasteiger partial charge in [-0.3, -0.25) is 4.79 Å². The van der Waals surface area contributed by atoms with Crippen molar-refractivity contribution in [1.29, 1.82) is 0 Å². The second kappa shape index (κ2) is 7.08. The van der Waals surface area contributed by atoms with Gasteiger partial charge in [-0.25, -0.2) is 0 Å². The molecule has 0 aromatic heterocycles. The molecule has 1 aliphatic rings. The number of hydrogen-bond acceptors (Lipinski definition) is 5. The Bertz CT molecular complexity index is 683. The molecule has 0 spiro atoms. The van der Waals surface area contributed by atoms with Crippen LogP contribution in [0.1, 0.15) is 63.0 Å². The number of carbonyl (C=O) groups is 1. The van der Waals surface area contributed by atoms with Crippen molar-refractivity contribution < 1.29 is 24.5 Å². The minimum absolute atomic E-state index is 0.261. The second-order valence-corrected chi connectivity index (χ2v) is 8.64. The molecule has 1 aromatic carbocycles. The largest absolute Gasteiger partial charge is 0.496 e. The molecule has 0 bridgehead atoms. The van der Waals surface area contributed by atoms with Crippen LogP contribution in [-0.4, -0.2) is 46.6 Å². The number of benzene rings is 1. The highest BCUT2D eigenvalue weighted by molar-refractivity contribution is 6.00. The van der Waals surface area contributed by atoms with Gasteiger partial charge in [0.05, 0.1) is 24.4 Å². The van der Waals surface area contributed by atoms with Crippen LogP contribution in [0.5, 0.6) is 11.5 Å². The fourth-order valence-corrected chi connectivity index (χ4v) is 3.13. The summed E-state index contributed by atoms with van der Waals surface area (Å²) in [7, 11) is 1.56. The summed E-state index contributed by atoms with van der Waals surface area (Å²) >= 11 is 0. The zero-order valence-corrected chi connectivity index (χ0v) is 16.8. The molecular weight excluding hydrogens is 334 g/mol. The maximum Gasteiger partial charge on any atom is 0.255 e. The van der Waals surface area contributed by atoms with Gasteiger partial charge in [0.15, 0.2) is 0 Å². The summed E-state index contributed by atoms with van der Waals surface area (Å²) in [4.78, 5) is 13.0. The molecule has 3 N–H and O–H groups in total. The van der Waals surface area contributed by atoms with Gasteiger partial charge in [-0.1, -0.05) is 0 Å². The van der Waals surface area contributed by atoms with E-state index in [-0.39, 0.29) is 5.91 Å². The van der Waals surface area contributed by atoms with Gasteiger partial charge in [-0.2, -0.15) is 0 Å². The SMILES string of the molecule is COc1cc(C[C@H](C)O)c(C(=O)NC(C)(C)C)c2c1C[C@@H](C(C)(C)O)O2. The van der Waals surface area contributed by atoms with E-state index < -0.39 is 23.3 Å². The van der Waals surface area contributed by atoms with E-state index in [1.807, 2.05) is 20.8 Å². The first-order valence-electron chi connectivity index (χ1n) is 8.96. The Morgan fingerprint density at radius 1 is 1.38 bits per heavy atom. The lowest BCUT2D eigenvalue weighted by Gasteiger charge is -2.26. The summed E-state index contributed by atoms with van der Waals surface area (Å²) < 4.78 is 11.5. The molecule has 6 heteroatoms. The minimum atomic E-state index is -1.06. The number of aliphatic hydroxyl groups is 2. The molecule has 146 valence electrons. The molecule has 0 saturated carbocycles. The van der Waals surface area contributed by atoms with Crippen LogP contribution in [0.25, 0.3) is 0 Å². The molecule has 0 fully saturated rings. The standard InChI is InChI=1S/C20H31NO5/c1-11(22)8-12-9-14(25-7)13-10-15(20(5,6)24)26-17(13)16(12)18(23)21-19(2,3)4/h9,11,15,22,24H,8,10H2,1-7H3,(H,21,23)/t11-,15-/m0/s1. The van der Waals surface area contributed by atoms with Crippen molar-refractivity contribution in [3.63, 3.8) is 0 Å². The predicted octanol–water partition coefficient (Wildman–Crippen LogP) is 2.22. The highest BCUT2D eigenvalue weighted by Crippen LogP contribution is 2.43. The van der Waals surface area contributed by atoms with Crippen LogP contribution in [0.15, 0.2) is 6.07 Å². The molecule has 0 unspecified atom stereocenters. The van der Waals surface area contributed by atoms with E-state index in [1.165, 1.54) is 0 Å². The Labute approximate surface area is 155 Å². The summed E-state index contributed by atoms with van der Waals surface area (Å²) in [5, 5.41) is 23.2. The summed E-state index contributed by atoms with van der Waals surface area (Å²) in [6, 6.07) is 1.79. The Morgan fingerprint density at radius 2 is 2.00 bits per heavy atom. The number of hydrogen-bond donors (Lipinski definition) is 3. The average Bonchev–Trinajstić information content (AvgIpc) is 2.88. The Hall–Kier alpha value is -1.79. The quantitative estimate of drug-likeness (QED) is 0.745. The van der Waals surface area contributed by atoms with Gasteiger partial charge in [0.25, 0.3) is 5.91 Å². The lowest BCUT2D eigenvalue weighted by molar-refractivity contribution is -0.0232. The summed E-state index contributed by atoms with van der Waals surface area (Å²) in [6.45, 7) is 10.8. The smallest absolute Gasteiger partial charge is 0.255 e. The molecule has 0 aliphatic carbocycles. The lowest BCUT2D eigenvalue weighted by Crippen LogP contribution is -2.41. The van der Waals surface area contributed by atoms with Crippen molar-refractivity contribution in [2.75, 3.05) is 7.11 Å². The van der Waals surface area contributed by atoms with Crippen molar-refractivity contribution in [3.05, 3.63) is 22.8 Å². The molecule has 26 heavy (non-hydrogen) atoms. The second-order valence-electron chi connectivity index (χ2n) is 8.64. The van der Waals surface area contributed by atoms with E-state index in [0.29, 0.717) is 35.5 Å². The van der Waals surface area contributed by atoms with Crippen molar-refractivity contribution >= 4 is 5.91 Å². The van der Waals surface area contributed by atoms with Gasteiger partial charge in [0, 0.05) is 17.5 Å². The Kier molecular flexibility index (Phi) is 5.59. The van der Waals surface area contributed by atoms with Crippen LogP contribution in [0.2, 0.25) is 0 Å². The summed E-state index contributed by atoms with van der Waals surface area (Å²) in [5.74, 6) is 0.784. The van der Waals surface area contributed by atoms with Gasteiger partial charge in [-0.15, -0.1) is 0 Å². The predicted molar refractivity (Wildman–Crippen MR) is 100 cm³/mol. The van der Waals surface area contributed by atoms with Crippen molar-refractivity contribution in [1.82, 2.24) is 5.32 Å². The number of rotatable bonds is 5. The van der Waals surface area contributed by atoms with Gasteiger partial charge in [0.1, 0.15) is 17.6 Å². The fourth-order valence-electron chi connectivity index (χ4n) is 3.13. The van der Waals surface area contributed by atoms with Gasteiger partial charge < -0.3 is 25.0 Å². The van der Waals surface area contributed by atoms with Crippen molar-refractivity contribution in [2.24, 2.45) is 0 Å². The molecule has 0 radical (unpaired) electrons. The molecule has 1 aliphatic heterocycles. The van der Waals surface area contributed by atoms with Crippen LogP contribution < -0.4 is 14.8 Å². The number of carbonyl (C=O) groups excluding carboxylic acids is 1. The number of fused-ring (bicyclic) bond motifs is 1. The third-order valence-corrected chi connectivity index (χ3v) is 4.31. The van der Waals surface area contributed by atoms with Gasteiger partial charge >= 0.3 is 0 Å². The van der Waals surface area contributed by atoms with Crippen molar-refractivity contribution in [2.45, 2.75) is 77.7 Å². The number of nitrogens with one attached hydrogen (secondary N) is 1. The topological polar surface area (TPSA) is 88.0 Å². The highest BCUT2D eigenvalue weighted by atomic mass is 16.5. The third kappa shape index (κ3) is 4.48. The van der Waals surface area contributed by atoms with Gasteiger partial charge in [0.2, 0.25) is 0 Å². The minimum Gasteiger partial charge on any atom is -0.496 e. The Morgan fingerprint density at radius 3 is 2.46 bits per heavy atom. The molecule has 0 saturated heterocycles. The lowest BCUT2D eigenvalue weighted by atomic mass is 9.93. The van der Waals surface area contributed by atoms with E-state index >= 15 is 0 Å². The normalized spacial score (nSPS) is 18.1. The molecule has 6 nitrogen and oxygen atoms in total. The number of methoxy groups -OCH3 is 1. The van der Waals surface area contributed by atoms with Crippen LogP contribution in [-0.2, 0) is 12.8 Å². The zero-order chi connectivity index (χ0) is 19.9. The maximum absolute atomic E-state index is 13.0. The van der Waals surface area contributed by atoms with Crippen LogP contribution in [0, 0.1) is 0 Å². The zero-order valence-electron chi connectivity index (χ0n) is 16.8. The number of amides is 1. The number of ether oxygens (including phenoxy) is 2. The van der Waals surface area contributed by atoms with E-state index in [1.54, 1.807) is 33.9 Å². The molecule has 1 amide bonds. The highest BCUT2D eigenvalue weighted by Gasteiger charge is 2.40. The molecule has 1 heterocycles.